The Bertz CT molecular complexity index is 597. The van der Waals surface area contributed by atoms with Crippen LogP contribution in [-0.4, -0.2) is 43.8 Å². The van der Waals surface area contributed by atoms with Gasteiger partial charge in [0.2, 0.25) is 0 Å². The number of amides is 1. The van der Waals surface area contributed by atoms with Gasteiger partial charge in [-0.15, -0.1) is 0 Å². The molecule has 1 amide bonds. The molecule has 0 saturated carbocycles. The van der Waals surface area contributed by atoms with Gasteiger partial charge < -0.3 is 14.7 Å². The molecule has 2 aliphatic rings. The summed E-state index contributed by atoms with van der Waals surface area (Å²) in [6, 6.07) is 1.78. The molecule has 3 rings (SSSR count). The second kappa shape index (κ2) is 5.44. The van der Waals surface area contributed by atoms with E-state index >= 15 is 0 Å². The van der Waals surface area contributed by atoms with Crippen LogP contribution in [0.1, 0.15) is 58.0 Å². The Labute approximate surface area is 136 Å². The van der Waals surface area contributed by atoms with E-state index in [0.29, 0.717) is 18.7 Å². The normalized spacial score (nSPS) is 30.4. The molecule has 6 nitrogen and oxygen atoms in total. The van der Waals surface area contributed by atoms with Crippen molar-refractivity contribution in [2.24, 2.45) is 0 Å². The molecule has 0 aromatic carbocycles. The zero-order valence-electron chi connectivity index (χ0n) is 14.2. The largest absolute Gasteiger partial charge is 0.444 e. The molecule has 6 heteroatoms. The first-order chi connectivity index (χ1) is 10.7. The van der Waals surface area contributed by atoms with Gasteiger partial charge in [0.05, 0.1) is 0 Å². The molecule has 3 heterocycles. The van der Waals surface area contributed by atoms with Crippen molar-refractivity contribution in [2.75, 3.05) is 0 Å². The van der Waals surface area contributed by atoms with E-state index in [2.05, 4.69) is 9.97 Å². The Hall–Kier alpha value is -1.69. The van der Waals surface area contributed by atoms with Gasteiger partial charge in [-0.3, -0.25) is 0 Å². The van der Waals surface area contributed by atoms with E-state index < -0.39 is 11.2 Å². The summed E-state index contributed by atoms with van der Waals surface area (Å²) < 4.78 is 5.53. The monoisotopic (exact) mass is 319 g/mol. The van der Waals surface area contributed by atoms with E-state index in [-0.39, 0.29) is 18.2 Å². The molecule has 2 saturated heterocycles. The van der Waals surface area contributed by atoms with Gasteiger partial charge in [-0.2, -0.15) is 0 Å². The number of fused-ring (bicyclic) bond motifs is 2. The molecule has 2 aliphatic heterocycles. The lowest BCUT2D eigenvalue weighted by molar-refractivity contribution is -0.0673. The van der Waals surface area contributed by atoms with Crippen molar-refractivity contribution in [3.8, 4) is 0 Å². The third-order valence-corrected chi connectivity index (χ3v) is 4.58. The topological polar surface area (TPSA) is 75.6 Å². The van der Waals surface area contributed by atoms with Crippen LogP contribution >= 0.6 is 0 Å². The molecule has 126 valence electrons. The molecule has 1 aromatic rings. The average molecular weight is 319 g/mol. The van der Waals surface area contributed by atoms with Crippen LogP contribution in [0, 0.1) is 6.92 Å². The van der Waals surface area contributed by atoms with E-state index in [9.17, 15) is 9.90 Å². The third kappa shape index (κ3) is 3.17. The van der Waals surface area contributed by atoms with Crippen LogP contribution in [0.5, 0.6) is 0 Å². The van der Waals surface area contributed by atoms with Crippen molar-refractivity contribution in [1.82, 2.24) is 14.9 Å². The molecule has 0 aliphatic carbocycles. The third-order valence-electron chi connectivity index (χ3n) is 4.58. The first-order valence-corrected chi connectivity index (χ1v) is 8.22. The van der Waals surface area contributed by atoms with Gasteiger partial charge in [0.25, 0.3) is 0 Å². The van der Waals surface area contributed by atoms with Crippen molar-refractivity contribution in [2.45, 2.75) is 76.7 Å². The SMILES string of the molecule is Cc1ccnc(C2(O)CC3CCC(C2)N3C(=O)OC(C)(C)C)n1. The number of carbonyl (C=O) groups excluding carboxylic acids is 1. The van der Waals surface area contributed by atoms with Crippen molar-refractivity contribution in [1.29, 1.82) is 0 Å². The number of ether oxygens (including phenoxy) is 1. The summed E-state index contributed by atoms with van der Waals surface area (Å²) in [4.78, 5) is 22.9. The van der Waals surface area contributed by atoms with Crippen molar-refractivity contribution < 1.29 is 14.6 Å². The summed E-state index contributed by atoms with van der Waals surface area (Å²) >= 11 is 0. The lowest BCUT2D eigenvalue weighted by atomic mass is 9.85. The van der Waals surface area contributed by atoms with E-state index in [0.717, 1.165) is 18.5 Å². The Morgan fingerprint density at radius 1 is 1.35 bits per heavy atom. The summed E-state index contributed by atoms with van der Waals surface area (Å²) in [5.41, 5.74) is -0.731. The molecule has 0 radical (unpaired) electrons. The molecule has 1 aromatic heterocycles. The van der Waals surface area contributed by atoms with Crippen LogP contribution in [-0.2, 0) is 10.3 Å². The lowest BCUT2D eigenvalue weighted by Crippen LogP contribution is -2.53. The maximum Gasteiger partial charge on any atom is 0.410 e. The highest BCUT2D eigenvalue weighted by atomic mass is 16.6. The van der Waals surface area contributed by atoms with E-state index in [4.69, 9.17) is 4.74 Å². The van der Waals surface area contributed by atoms with Gasteiger partial charge in [-0.1, -0.05) is 0 Å². The summed E-state index contributed by atoms with van der Waals surface area (Å²) in [6.07, 6.45) is 4.10. The van der Waals surface area contributed by atoms with E-state index in [1.54, 1.807) is 6.20 Å². The highest BCUT2D eigenvalue weighted by Gasteiger charge is 2.52. The molecule has 2 bridgehead atoms. The molecular formula is C17H25N3O3. The number of piperidine rings is 1. The second-order valence-corrected chi connectivity index (χ2v) is 7.73. The molecular weight excluding hydrogens is 294 g/mol. The minimum atomic E-state index is -1.06. The maximum atomic E-state index is 12.5. The summed E-state index contributed by atoms with van der Waals surface area (Å²) in [5, 5.41) is 11.1. The Morgan fingerprint density at radius 2 is 1.96 bits per heavy atom. The number of nitrogens with zero attached hydrogens (tertiary/aromatic N) is 3. The van der Waals surface area contributed by atoms with Crippen molar-refractivity contribution in [3.05, 3.63) is 23.8 Å². The van der Waals surface area contributed by atoms with Crippen LogP contribution < -0.4 is 0 Å². The number of aromatic nitrogens is 2. The van der Waals surface area contributed by atoms with Crippen LogP contribution in [0.3, 0.4) is 0 Å². The van der Waals surface area contributed by atoms with Crippen molar-refractivity contribution >= 4 is 6.09 Å². The van der Waals surface area contributed by atoms with Gasteiger partial charge in [-0.05, 0) is 46.6 Å². The summed E-state index contributed by atoms with van der Waals surface area (Å²) in [6.45, 7) is 7.49. The highest BCUT2D eigenvalue weighted by molar-refractivity contribution is 5.69. The average Bonchev–Trinajstić information content (AvgIpc) is 2.70. The molecule has 2 atom stereocenters. The minimum Gasteiger partial charge on any atom is -0.444 e. The Morgan fingerprint density at radius 3 is 2.48 bits per heavy atom. The molecule has 0 spiro atoms. The number of hydrogen-bond acceptors (Lipinski definition) is 5. The second-order valence-electron chi connectivity index (χ2n) is 7.73. The number of hydrogen-bond donors (Lipinski definition) is 1. The number of aryl methyl sites for hydroxylation is 1. The summed E-state index contributed by atoms with van der Waals surface area (Å²) in [5.74, 6) is 0.471. The predicted molar refractivity (Wildman–Crippen MR) is 84.8 cm³/mol. The van der Waals surface area contributed by atoms with Crippen molar-refractivity contribution in [3.63, 3.8) is 0 Å². The van der Waals surface area contributed by atoms with Gasteiger partial charge in [-0.25, -0.2) is 14.8 Å². The van der Waals surface area contributed by atoms with Crippen LogP contribution in [0.25, 0.3) is 0 Å². The van der Waals surface area contributed by atoms with Crippen LogP contribution in [0.15, 0.2) is 12.3 Å². The standard InChI is InChI=1S/C17H25N3O3/c1-11-7-8-18-14(19-11)17(22)9-12-5-6-13(10-17)20(12)15(21)23-16(2,3)4/h7-8,12-13,22H,5-6,9-10H2,1-4H3. The van der Waals surface area contributed by atoms with Gasteiger partial charge in [0.15, 0.2) is 5.82 Å². The highest BCUT2D eigenvalue weighted by Crippen LogP contribution is 2.45. The predicted octanol–water partition coefficient (Wildman–Crippen LogP) is 2.53. The fourth-order valence-corrected chi connectivity index (χ4v) is 3.69. The molecule has 23 heavy (non-hydrogen) atoms. The van der Waals surface area contributed by atoms with Gasteiger partial charge in [0.1, 0.15) is 11.2 Å². The smallest absolute Gasteiger partial charge is 0.410 e. The quantitative estimate of drug-likeness (QED) is 0.861. The van der Waals surface area contributed by atoms with E-state index in [1.165, 1.54) is 0 Å². The zero-order chi connectivity index (χ0) is 16.8. The first-order valence-electron chi connectivity index (χ1n) is 8.22. The fourth-order valence-electron chi connectivity index (χ4n) is 3.69. The maximum absolute atomic E-state index is 12.5. The van der Waals surface area contributed by atoms with Gasteiger partial charge in [0, 0.05) is 36.8 Å². The molecule has 1 N–H and O–H groups in total. The number of aliphatic hydroxyl groups is 1. The zero-order valence-corrected chi connectivity index (χ0v) is 14.2. The Balaban J connectivity index is 1.80. The first kappa shape index (κ1) is 16.2. The van der Waals surface area contributed by atoms with Gasteiger partial charge >= 0.3 is 6.09 Å². The minimum absolute atomic E-state index is 0.0160. The van der Waals surface area contributed by atoms with Crippen LogP contribution in [0.4, 0.5) is 4.79 Å². The lowest BCUT2D eigenvalue weighted by Gasteiger charge is -2.43. The van der Waals surface area contributed by atoms with E-state index in [1.807, 2.05) is 38.7 Å². The molecule has 2 unspecified atom stereocenters. The fraction of sp³-hybridized carbons (Fsp3) is 0.706. The Kier molecular flexibility index (Phi) is 3.83. The number of carbonyl (C=O) groups is 1. The molecule has 2 fully saturated rings. The van der Waals surface area contributed by atoms with Crippen LogP contribution in [0.2, 0.25) is 0 Å². The summed E-state index contributed by atoms with van der Waals surface area (Å²) in [7, 11) is 0. The number of rotatable bonds is 1.